The third-order valence-corrected chi connectivity index (χ3v) is 3.97. The van der Waals surface area contributed by atoms with Gasteiger partial charge in [-0.3, -0.25) is 0 Å². The van der Waals surface area contributed by atoms with Crippen molar-refractivity contribution in [2.75, 3.05) is 13.1 Å². The number of benzene rings is 1. The standard InChI is InChI=1S/C16H22ClFN2O2/c1-16(2,3)22-15(21)20-7-6-11(14(19)9-20)10-4-5-13(18)12(17)8-10/h4-5,8,11,14H,6-7,9,19H2,1-3H3/t11-,14+/m1/s1. The van der Waals surface area contributed by atoms with Crippen molar-refractivity contribution >= 4 is 17.7 Å². The lowest BCUT2D eigenvalue weighted by molar-refractivity contribution is 0.0186. The Morgan fingerprint density at radius 3 is 2.68 bits per heavy atom. The van der Waals surface area contributed by atoms with Crippen molar-refractivity contribution in [3.8, 4) is 0 Å². The normalized spacial score (nSPS) is 22.5. The van der Waals surface area contributed by atoms with Gasteiger partial charge in [0.15, 0.2) is 0 Å². The van der Waals surface area contributed by atoms with Crippen LogP contribution in [-0.4, -0.2) is 35.7 Å². The molecular formula is C16H22ClFN2O2. The molecule has 1 aromatic carbocycles. The first-order valence-electron chi connectivity index (χ1n) is 7.36. The fraction of sp³-hybridized carbons (Fsp3) is 0.562. The summed E-state index contributed by atoms with van der Waals surface area (Å²) in [5, 5.41) is 0.0965. The lowest BCUT2D eigenvalue weighted by atomic mass is 9.86. The molecule has 0 unspecified atom stereocenters. The number of nitrogens with zero attached hydrogens (tertiary/aromatic N) is 1. The highest BCUT2D eigenvalue weighted by Gasteiger charge is 2.32. The van der Waals surface area contributed by atoms with Crippen LogP contribution in [0.25, 0.3) is 0 Å². The molecule has 6 heteroatoms. The Labute approximate surface area is 135 Å². The SMILES string of the molecule is CC(C)(C)OC(=O)N1CC[C@H](c2ccc(F)c(Cl)c2)[C@@H](N)C1. The molecule has 2 N–H and O–H groups in total. The van der Waals surface area contributed by atoms with Gasteiger partial charge in [-0.2, -0.15) is 0 Å². The zero-order valence-corrected chi connectivity index (χ0v) is 13.9. The average Bonchev–Trinajstić information content (AvgIpc) is 2.40. The van der Waals surface area contributed by atoms with Crippen molar-refractivity contribution in [1.29, 1.82) is 0 Å². The Bertz CT molecular complexity index is 560. The molecule has 1 aliphatic rings. The minimum atomic E-state index is -0.525. The Balaban J connectivity index is 2.03. The van der Waals surface area contributed by atoms with Crippen LogP contribution in [0.1, 0.15) is 38.7 Å². The van der Waals surface area contributed by atoms with Crippen molar-refractivity contribution < 1.29 is 13.9 Å². The molecule has 1 aliphatic heterocycles. The largest absolute Gasteiger partial charge is 0.444 e. The van der Waals surface area contributed by atoms with Gasteiger partial charge in [0, 0.05) is 25.0 Å². The lowest BCUT2D eigenvalue weighted by Crippen LogP contribution is -2.50. The molecule has 0 bridgehead atoms. The fourth-order valence-corrected chi connectivity index (χ4v) is 2.82. The van der Waals surface area contributed by atoms with Gasteiger partial charge in [0.1, 0.15) is 11.4 Å². The number of halogens is 2. The van der Waals surface area contributed by atoms with Crippen LogP contribution in [0.2, 0.25) is 5.02 Å². The van der Waals surface area contributed by atoms with Crippen LogP contribution in [-0.2, 0) is 4.74 Å². The number of hydrogen-bond donors (Lipinski definition) is 1. The van der Waals surface area contributed by atoms with Crippen molar-refractivity contribution in [3.63, 3.8) is 0 Å². The molecule has 1 heterocycles. The van der Waals surface area contributed by atoms with Crippen molar-refractivity contribution in [3.05, 3.63) is 34.6 Å². The van der Waals surface area contributed by atoms with Crippen LogP contribution in [0, 0.1) is 5.82 Å². The molecule has 2 atom stereocenters. The molecule has 4 nitrogen and oxygen atoms in total. The summed E-state index contributed by atoms with van der Waals surface area (Å²) in [4.78, 5) is 13.7. The van der Waals surface area contributed by atoms with E-state index in [1.165, 1.54) is 6.07 Å². The number of amides is 1. The van der Waals surface area contributed by atoms with E-state index in [9.17, 15) is 9.18 Å². The predicted molar refractivity (Wildman–Crippen MR) is 84.6 cm³/mol. The zero-order valence-electron chi connectivity index (χ0n) is 13.1. The maximum absolute atomic E-state index is 13.3. The van der Waals surface area contributed by atoms with E-state index in [1.54, 1.807) is 17.0 Å². The number of nitrogens with two attached hydrogens (primary N) is 1. The second-order valence-corrected chi connectivity index (χ2v) is 7.07. The Morgan fingerprint density at radius 2 is 2.14 bits per heavy atom. The van der Waals surface area contributed by atoms with Crippen LogP contribution in [0.15, 0.2) is 18.2 Å². The second-order valence-electron chi connectivity index (χ2n) is 6.66. The van der Waals surface area contributed by atoms with Gasteiger partial charge in [-0.1, -0.05) is 17.7 Å². The summed E-state index contributed by atoms with van der Waals surface area (Å²) in [6, 6.07) is 4.44. The fourth-order valence-electron chi connectivity index (χ4n) is 2.63. The highest BCUT2D eigenvalue weighted by atomic mass is 35.5. The molecule has 1 amide bonds. The minimum absolute atomic E-state index is 0.0526. The summed E-state index contributed by atoms with van der Waals surface area (Å²) >= 11 is 5.83. The second kappa shape index (κ2) is 6.42. The third kappa shape index (κ3) is 4.11. The van der Waals surface area contributed by atoms with Gasteiger partial charge in [-0.25, -0.2) is 9.18 Å². The predicted octanol–water partition coefficient (Wildman–Crippen LogP) is 3.53. The molecule has 22 heavy (non-hydrogen) atoms. The van der Waals surface area contributed by atoms with E-state index in [-0.39, 0.29) is 23.1 Å². The molecule has 0 saturated carbocycles. The van der Waals surface area contributed by atoms with Gasteiger partial charge in [-0.15, -0.1) is 0 Å². The van der Waals surface area contributed by atoms with Gasteiger partial charge in [-0.05, 0) is 44.9 Å². The zero-order chi connectivity index (χ0) is 16.5. The topological polar surface area (TPSA) is 55.6 Å². The van der Waals surface area contributed by atoms with Crippen LogP contribution in [0.4, 0.5) is 9.18 Å². The Hall–Kier alpha value is -1.33. The molecule has 2 rings (SSSR count). The smallest absolute Gasteiger partial charge is 0.410 e. The average molecular weight is 329 g/mol. The Morgan fingerprint density at radius 1 is 1.45 bits per heavy atom. The van der Waals surface area contributed by atoms with E-state index in [4.69, 9.17) is 22.1 Å². The van der Waals surface area contributed by atoms with Gasteiger partial charge < -0.3 is 15.4 Å². The maximum Gasteiger partial charge on any atom is 0.410 e. The summed E-state index contributed by atoms with van der Waals surface area (Å²) in [5.41, 5.74) is 6.58. The van der Waals surface area contributed by atoms with E-state index in [0.717, 1.165) is 5.56 Å². The third-order valence-electron chi connectivity index (χ3n) is 3.68. The monoisotopic (exact) mass is 328 g/mol. The molecule has 0 spiro atoms. The highest BCUT2D eigenvalue weighted by Crippen LogP contribution is 2.30. The summed E-state index contributed by atoms with van der Waals surface area (Å²) in [6.07, 6.45) is 0.348. The van der Waals surface area contributed by atoms with Crippen molar-refractivity contribution in [2.45, 2.75) is 44.8 Å². The number of hydrogen-bond acceptors (Lipinski definition) is 3. The van der Waals surface area contributed by atoms with E-state index >= 15 is 0 Å². The summed E-state index contributed by atoms with van der Waals surface area (Å²) < 4.78 is 18.6. The van der Waals surface area contributed by atoms with Gasteiger partial charge in [0.25, 0.3) is 0 Å². The Kier molecular flexibility index (Phi) is 4.97. The van der Waals surface area contributed by atoms with Crippen LogP contribution in [0.5, 0.6) is 0 Å². The summed E-state index contributed by atoms with van der Waals surface area (Å²) in [6.45, 7) is 6.46. The highest BCUT2D eigenvalue weighted by molar-refractivity contribution is 6.30. The number of rotatable bonds is 1. The first-order valence-corrected chi connectivity index (χ1v) is 7.73. The maximum atomic E-state index is 13.3. The molecule has 0 aromatic heterocycles. The van der Waals surface area contributed by atoms with E-state index in [0.29, 0.717) is 19.5 Å². The number of piperidine rings is 1. The molecule has 0 aliphatic carbocycles. The van der Waals surface area contributed by atoms with Crippen molar-refractivity contribution in [2.24, 2.45) is 5.73 Å². The summed E-state index contributed by atoms with van der Waals surface area (Å²) in [5.74, 6) is -0.387. The number of likely N-dealkylation sites (tertiary alicyclic amines) is 1. The molecule has 0 radical (unpaired) electrons. The molecule has 1 aromatic rings. The molecule has 1 saturated heterocycles. The lowest BCUT2D eigenvalue weighted by Gasteiger charge is -2.37. The molecule has 122 valence electrons. The van der Waals surface area contributed by atoms with Gasteiger partial charge in [0.05, 0.1) is 5.02 Å². The van der Waals surface area contributed by atoms with Gasteiger partial charge in [0.2, 0.25) is 0 Å². The van der Waals surface area contributed by atoms with Crippen molar-refractivity contribution in [1.82, 2.24) is 4.90 Å². The first-order chi connectivity index (χ1) is 10.2. The van der Waals surface area contributed by atoms with E-state index in [1.807, 2.05) is 20.8 Å². The minimum Gasteiger partial charge on any atom is -0.444 e. The quantitative estimate of drug-likeness (QED) is 0.858. The summed E-state index contributed by atoms with van der Waals surface area (Å²) in [7, 11) is 0. The van der Waals surface area contributed by atoms with Crippen LogP contribution >= 0.6 is 11.6 Å². The van der Waals surface area contributed by atoms with Gasteiger partial charge >= 0.3 is 6.09 Å². The van der Waals surface area contributed by atoms with Crippen LogP contribution < -0.4 is 5.73 Å². The number of ether oxygens (including phenoxy) is 1. The first kappa shape index (κ1) is 17.0. The van der Waals surface area contributed by atoms with E-state index in [2.05, 4.69) is 0 Å². The molecular weight excluding hydrogens is 307 g/mol. The number of carbonyl (C=O) groups is 1. The number of carbonyl (C=O) groups excluding carboxylic acids is 1. The van der Waals surface area contributed by atoms with Crippen LogP contribution in [0.3, 0.4) is 0 Å². The van der Waals surface area contributed by atoms with E-state index < -0.39 is 11.4 Å². The molecule has 1 fully saturated rings.